The van der Waals surface area contributed by atoms with Gasteiger partial charge in [0, 0.05) is 28.0 Å². The molecule has 6 nitrogen and oxygen atoms in total. The van der Waals surface area contributed by atoms with E-state index in [0.717, 1.165) is 54.4 Å². The Kier molecular flexibility index (Phi) is 7.72. The van der Waals surface area contributed by atoms with E-state index in [9.17, 15) is 19.6 Å². The summed E-state index contributed by atoms with van der Waals surface area (Å²) >= 11 is 0. The van der Waals surface area contributed by atoms with E-state index in [2.05, 4.69) is 52.0 Å². The Morgan fingerprint density at radius 1 is 0.792 bits per heavy atom. The zero-order valence-electron chi connectivity index (χ0n) is 27.8. The van der Waals surface area contributed by atoms with Crippen LogP contribution in [0.4, 0.5) is 5.69 Å². The molecule has 6 aromatic rings. The number of aryl methyl sites for hydroxylation is 1. The number of benzene rings is 6. The van der Waals surface area contributed by atoms with Gasteiger partial charge < -0.3 is 4.74 Å². The number of fused-ring (bicyclic) bond motifs is 2. The molecule has 1 aliphatic heterocycles. The van der Waals surface area contributed by atoms with E-state index in [4.69, 9.17) is 4.74 Å². The van der Waals surface area contributed by atoms with Crippen molar-refractivity contribution in [3.63, 3.8) is 0 Å². The summed E-state index contributed by atoms with van der Waals surface area (Å²) in [6.07, 6.45) is 4.42. The molecule has 48 heavy (non-hydrogen) atoms. The van der Waals surface area contributed by atoms with Crippen LogP contribution in [0.25, 0.3) is 43.1 Å². The molecule has 0 fully saturated rings. The number of rotatable bonds is 8. The highest BCUT2D eigenvalue weighted by molar-refractivity contribution is 6.42. The summed E-state index contributed by atoms with van der Waals surface area (Å²) in [5.41, 5.74) is 5.25. The van der Waals surface area contributed by atoms with Crippen LogP contribution in [0.1, 0.15) is 95.8 Å². The van der Waals surface area contributed by atoms with Gasteiger partial charge in [-0.2, -0.15) is 5.26 Å². The maximum Gasteiger partial charge on any atom is 0.330 e. The Balaban J connectivity index is 1.38. The normalized spacial score (nSPS) is 13.3. The van der Waals surface area contributed by atoms with Crippen molar-refractivity contribution < 1.29 is 19.1 Å². The molecule has 0 saturated carbocycles. The van der Waals surface area contributed by atoms with Crippen LogP contribution in [-0.2, 0) is 16.0 Å². The molecule has 6 aromatic carbocycles. The first-order valence-electron chi connectivity index (χ1n) is 16.6. The van der Waals surface area contributed by atoms with E-state index in [1.54, 1.807) is 13.0 Å². The van der Waals surface area contributed by atoms with Crippen LogP contribution in [0.15, 0.2) is 78.9 Å². The molecule has 0 radical (unpaired) electrons. The van der Waals surface area contributed by atoms with Crippen molar-refractivity contribution in [3.8, 4) is 6.07 Å². The van der Waals surface area contributed by atoms with Crippen molar-refractivity contribution >= 4 is 66.6 Å². The van der Waals surface area contributed by atoms with E-state index < -0.39 is 0 Å². The van der Waals surface area contributed by atoms with E-state index in [1.165, 1.54) is 11.0 Å². The molecule has 1 heterocycles. The smallest absolute Gasteiger partial charge is 0.330 e. The number of hydrogen-bond acceptors (Lipinski definition) is 5. The lowest BCUT2D eigenvalue weighted by Gasteiger charge is -2.33. The molecule has 2 amide bonds. The second kappa shape index (κ2) is 11.9. The van der Waals surface area contributed by atoms with Crippen molar-refractivity contribution in [1.82, 2.24) is 0 Å². The largest absolute Gasteiger partial charge is 0.463 e. The second-order valence-electron chi connectivity index (χ2n) is 13.2. The zero-order chi connectivity index (χ0) is 33.9. The minimum atomic E-state index is -0.351. The Morgan fingerprint density at radius 2 is 1.35 bits per heavy atom. The average molecular weight is 633 g/mol. The number of imide groups is 1. The molecular formula is C42H36N2O4. The predicted molar refractivity (Wildman–Crippen MR) is 192 cm³/mol. The van der Waals surface area contributed by atoms with Crippen molar-refractivity contribution in [2.24, 2.45) is 0 Å². The number of ether oxygens (including phenoxy) is 1. The van der Waals surface area contributed by atoms with Crippen molar-refractivity contribution in [1.29, 1.82) is 5.26 Å². The quantitative estimate of drug-likeness (QED) is 0.0416. The molecule has 0 atom stereocenters. The van der Waals surface area contributed by atoms with Crippen LogP contribution in [-0.4, -0.2) is 24.4 Å². The van der Waals surface area contributed by atoms with E-state index >= 15 is 0 Å². The lowest BCUT2D eigenvalue weighted by molar-refractivity contribution is -0.137. The van der Waals surface area contributed by atoms with Gasteiger partial charge in [0.15, 0.2) is 0 Å². The van der Waals surface area contributed by atoms with Crippen molar-refractivity contribution in [2.75, 3.05) is 11.5 Å². The fourth-order valence-corrected chi connectivity index (χ4v) is 7.45. The summed E-state index contributed by atoms with van der Waals surface area (Å²) in [5.74, 6) is -0.925. The van der Waals surface area contributed by atoms with Crippen LogP contribution in [0.2, 0.25) is 0 Å². The van der Waals surface area contributed by atoms with Gasteiger partial charge in [-0.3, -0.25) is 9.59 Å². The summed E-state index contributed by atoms with van der Waals surface area (Å²) in [5, 5.41) is 17.2. The highest BCUT2D eigenvalue weighted by Crippen LogP contribution is 2.46. The topological polar surface area (TPSA) is 87.5 Å². The van der Waals surface area contributed by atoms with Gasteiger partial charge in [-0.25, -0.2) is 9.69 Å². The second-order valence-corrected chi connectivity index (χ2v) is 13.2. The van der Waals surface area contributed by atoms with Gasteiger partial charge in [0.25, 0.3) is 11.8 Å². The standard InChI is InChI=1S/C42H36N2O4/c1-6-9-36(45)48-19-8-10-25-20-34(23(2)3)40(35(21-25)24(4)5)44-41(46)32-17-15-30-28-12-7-11-27-26(22-43)13-14-29(37(27)28)31-16-18-33(42(44)47)39(32)38(30)31/h6-7,9,11-18,20-21,23-24H,8,10,19H2,1-5H3. The third-order valence-electron chi connectivity index (χ3n) is 9.62. The lowest BCUT2D eigenvalue weighted by Crippen LogP contribution is -2.42. The van der Waals surface area contributed by atoms with Gasteiger partial charge in [-0.1, -0.05) is 82.3 Å². The molecule has 0 unspecified atom stereocenters. The summed E-state index contributed by atoms with van der Waals surface area (Å²) < 4.78 is 5.31. The fraction of sp³-hybridized carbons (Fsp3) is 0.238. The molecule has 0 aromatic heterocycles. The molecule has 1 aliphatic rings. The SMILES string of the molecule is CC=CC(=O)OCCCc1cc(C(C)C)c(N2C(=O)c3ccc4c5cccc6c(C#N)ccc(c7ccc(c3c47)C2=O)c65)c(C(C)C)c1. The maximum atomic E-state index is 14.6. The Labute approximate surface area is 279 Å². The molecule has 6 heteroatoms. The third-order valence-corrected chi connectivity index (χ3v) is 9.62. The van der Waals surface area contributed by atoms with Crippen LogP contribution >= 0.6 is 0 Å². The van der Waals surface area contributed by atoms with Crippen LogP contribution in [0.5, 0.6) is 0 Å². The van der Waals surface area contributed by atoms with E-state index in [1.807, 2.05) is 48.5 Å². The lowest BCUT2D eigenvalue weighted by atomic mass is 9.83. The minimum absolute atomic E-state index is 0.0395. The van der Waals surface area contributed by atoms with Gasteiger partial charge in [0.05, 0.1) is 23.9 Å². The molecule has 7 rings (SSSR count). The number of hydrogen-bond donors (Lipinski definition) is 0. The molecular weight excluding hydrogens is 596 g/mol. The third kappa shape index (κ3) is 4.73. The maximum absolute atomic E-state index is 14.6. The van der Waals surface area contributed by atoms with Gasteiger partial charge in [0.1, 0.15) is 0 Å². The van der Waals surface area contributed by atoms with Crippen LogP contribution < -0.4 is 4.90 Å². The number of amides is 2. The molecule has 238 valence electrons. The molecule has 0 saturated heterocycles. The van der Waals surface area contributed by atoms with E-state index in [0.29, 0.717) is 47.2 Å². The average Bonchev–Trinajstić information content (AvgIpc) is 3.08. The van der Waals surface area contributed by atoms with Crippen LogP contribution in [0, 0.1) is 11.3 Å². The number of anilines is 1. The van der Waals surface area contributed by atoms with Crippen molar-refractivity contribution in [2.45, 2.75) is 59.3 Å². The number of carbonyl (C=O) groups excluding carboxylic acids is 3. The first kappa shape index (κ1) is 31.1. The van der Waals surface area contributed by atoms with Gasteiger partial charge in [-0.15, -0.1) is 0 Å². The Bertz CT molecular complexity index is 2290. The monoisotopic (exact) mass is 632 g/mol. The summed E-state index contributed by atoms with van der Waals surface area (Å²) in [6, 6.07) is 24.0. The molecule has 0 bridgehead atoms. The summed E-state index contributed by atoms with van der Waals surface area (Å²) in [7, 11) is 0. The Hall–Kier alpha value is -5.54. The number of allylic oxidation sites excluding steroid dienone is 1. The van der Waals surface area contributed by atoms with Crippen LogP contribution in [0.3, 0.4) is 0 Å². The number of nitrogens with zero attached hydrogens (tertiary/aromatic N) is 2. The number of nitriles is 1. The number of esters is 1. The Morgan fingerprint density at radius 3 is 1.94 bits per heavy atom. The first-order chi connectivity index (χ1) is 23.2. The highest BCUT2D eigenvalue weighted by atomic mass is 16.5. The highest BCUT2D eigenvalue weighted by Gasteiger charge is 2.38. The first-order valence-corrected chi connectivity index (χ1v) is 16.6. The molecule has 0 spiro atoms. The van der Waals surface area contributed by atoms with Gasteiger partial charge in [-0.05, 0) is 98.8 Å². The molecule has 0 aliphatic carbocycles. The fourth-order valence-electron chi connectivity index (χ4n) is 7.45. The minimum Gasteiger partial charge on any atom is -0.463 e. The van der Waals surface area contributed by atoms with Gasteiger partial charge >= 0.3 is 5.97 Å². The summed E-state index contributed by atoms with van der Waals surface area (Å²) in [4.78, 5) is 42.5. The van der Waals surface area contributed by atoms with Gasteiger partial charge in [0.2, 0.25) is 0 Å². The van der Waals surface area contributed by atoms with E-state index in [-0.39, 0.29) is 29.6 Å². The zero-order valence-corrected chi connectivity index (χ0v) is 27.8. The summed E-state index contributed by atoms with van der Waals surface area (Å²) in [6.45, 7) is 10.4. The number of carbonyl (C=O) groups is 3. The molecule has 0 N–H and O–H groups in total. The van der Waals surface area contributed by atoms with Crippen molar-refractivity contribution in [3.05, 3.63) is 112 Å². The predicted octanol–water partition coefficient (Wildman–Crippen LogP) is 9.71.